The number of anilines is 1. The maximum absolute atomic E-state index is 11.9. The summed E-state index contributed by atoms with van der Waals surface area (Å²) in [6.45, 7) is 5.04. The van der Waals surface area contributed by atoms with Gasteiger partial charge in [-0.2, -0.15) is 5.26 Å². The number of hydrogen-bond donors (Lipinski definition) is 1. The predicted molar refractivity (Wildman–Crippen MR) is 110 cm³/mol. The van der Waals surface area contributed by atoms with Gasteiger partial charge in [-0.25, -0.2) is 4.79 Å². The Morgan fingerprint density at radius 3 is 2.71 bits per heavy atom. The number of nitriles is 1. The molecule has 1 heterocycles. The summed E-state index contributed by atoms with van der Waals surface area (Å²) in [5.41, 5.74) is 3.83. The molecule has 0 aliphatic carbocycles. The number of methoxy groups -OCH3 is 1. The number of carbonyl (C=O) groups is 1. The van der Waals surface area contributed by atoms with E-state index in [1.54, 1.807) is 13.2 Å². The van der Waals surface area contributed by atoms with Crippen LogP contribution in [0.3, 0.4) is 0 Å². The van der Waals surface area contributed by atoms with Gasteiger partial charge in [0, 0.05) is 29.2 Å². The molecule has 0 spiro atoms. The van der Waals surface area contributed by atoms with Gasteiger partial charge in [0.25, 0.3) is 0 Å². The maximum atomic E-state index is 11.9. The van der Waals surface area contributed by atoms with Gasteiger partial charge in [0.05, 0.1) is 30.5 Å². The van der Waals surface area contributed by atoms with Crippen molar-refractivity contribution in [2.75, 3.05) is 19.0 Å². The van der Waals surface area contributed by atoms with Gasteiger partial charge in [-0.3, -0.25) is 5.32 Å². The average molecular weight is 377 g/mol. The van der Waals surface area contributed by atoms with E-state index in [1.807, 2.05) is 50.2 Å². The summed E-state index contributed by atoms with van der Waals surface area (Å²) < 4.78 is 12.5. The minimum absolute atomic E-state index is 0.371. The number of carbonyl (C=O) groups excluding carboxylic acids is 1. The molecule has 6 heteroatoms. The number of hydrogen-bond acceptors (Lipinski definition) is 4. The molecule has 0 radical (unpaired) electrons. The molecular weight excluding hydrogens is 354 g/mol. The van der Waals surface area contributed by atoms with Gasteiger partial charge in [-0.05, 0) is 37.6 Å². The summed E-state index contributed by atoms with van der Waals surface area (Å²) in [6, 6.07) is 15.5. The first-order valence-electron chi connectivity index (χ1n) is 9.27. The van der Waals surface area contributed by atoms with Crippen molar-refractivity contribution in [3.8, 4) is 23.1 Å². The zero-order chi connectivity index (χ0) is 20.1. The highest BCUT2D eigenvalue weighted by Gasteiger charge is 2.19. The molecule has 0 aliphatic rings. The molecule has 0 saturated heterocycles. The molecule has 28 heavy (non-hydrogen) atoms. The van der Waals surface area contributed by atoms with Gasteiger partial charge < -0.3 is 14.0 Å². The van der Waals surface area contributed by atoms with Crippen molar-refractivity contribution >= 4 is 22.7 Å². The van der Waals surface area contributed by atoms with Crippen LogP contribution in [0.1, 0.15) is 25.8 Å². The molecule has 0 unspecified atom stereocenters. The average Bonchev–Trinajstić information content (AvgIpc) is 3.04. The summed E-state index contributed by atoms with van der Waals surface area (Å²) in [5.74, 6) is 0.741. The number of aryl methyl sites for hydroxylation is 1. The van der Waals surface area contributed by atoms with Crippen molar-refractivity contribution in [1.82, 2.24) is 4.57 Å². The largest absolute Gasteiger partial charge is 0.497 e. The van der Waals surface area contributed by atoms with Crippen LogP contribution in [0, 0.1) is 11.3 Å². The lowest BCUT2D eigenvalue weighted by Gasteiger charge is -2.11. The maximum Gasteiger partial charge on any atom is 0.411 e. The molecule has 2 aromatic carbocycles. The van der Waals surface area contributed by atoms with E-state index in [4.69, 9.17) is 9.47 Å². The Kier molecular flexibility index (Phi) is 5.85. The first-order valence-corrected chi connectivity index (χ1v) is 9.27. The number of nitrogens with one attached hydrogen (secondary N) is 1. The number of benzene rings is 2. The summed E-state index contributed by atoms with van der Waals surface area (Å²) >= 11 is 0. The highest BCUT2D eigenvalue weighted by molar-refractivity contribution is 5.96. The third-order valence-electron chi connectivity index (χ3n) is 4.52. The van der Waals surface area contributed by atoms with Gasteiger partial charge in [0.1, 0.15) is 11.8 Å². The fourth-order valence-corrected chi connectivity index (χ4v) is 3.29. The second-order valence-corrected chi connectivity index (χ2v) is 6.30. The second-order valence-electron chi connectivity index (χ2n) is 6.30. The summed E-state index contributed by atoms with van der Waals surface area (Å²) in [6.07, 6.45) is 0.277. The van der Waals surface area contributed by atoms with Crippen LogP contribution in [0.5, 0.6) is 5.75 Å². The molecule has 0 atom stereocenters. The molecule has 6 nitrogen and oxygen atoms in total. The molecule has 1 amide bonds. The molecule has 3 aromatic rings. The van der Waals surface area contributed by atoms with Crippen molar-refractivity contribution in [3.05, 3.63) is 48.0 Å². The minimum Gasteiger partial charge on any atom is -0.497 e. The normalized spacial score (nSPS) is 10.5. The minimum atomic E-state index is -0.486. The van der Waals surface area contributed by atoms with E-state index in [9.17, 15) is 10.1 Å². The lowest BCUT2D eigenvalue weighted by molar-refractivity contribution is 0.161. The molecule has 0 saturated carbocycles. The van der Waals surface area contributed by atoms with Gasteiger partial charge in [-0.15, -0.1) is 0 Å². The summed E-state index contributed by atoms with van der Waals surface area (Å²) in [4.78, 5) is 11.9. The number of nitrogens with zero attached hydrogens (tertiary/aromatic N) is 2. The first-order chi connectivity index (χ1) is 13.6. The van der Waals surface area contributed by atoms with E-state index in [0.29, 0.717) is 24.4 Å². The summed E-state index contributed by atoms with van der Waals surface area (Å²) in [5, 5.41) is 13.5. The zero-order valence-corrected chi connectivity index (χ0v) is 16.3. The topological polar surface area (TPSA) is 76.3 Å². The Bertz CT molecular complexity index is 1050. The third-order valence-corrected chi connectivity index (χ3v) is 4.52. The lowest BCUT2D eigenvalue weighted by Crippen LogP contribution is -2.14. The number of amides is 1. The molecule has 1 aromatic heterocycles. The van der Waals surface area contributed by atoms with E-state index in [1.165, 1.54) is 0 Å². The van der Waals surface area contributed by atoms with Crippen molar-refractivity contribution < 1.29 is 14.3 Å². The molecule has 0 aliphatic heterocycles. The number of rotatable bonds is 6. The molecule has 144 valence electrons. The lowest BCUT2D eigenvalue weighted by atomic mass is 10.1. The van der Waals surface area contributed by atoms with Crippen LogP contribution in [-0.2, 0) is 11.3 Å². The van der Waals surface area contributed by atoms with E-state index >= 15 is 0 Å². The van der Waals surface area contributed by atoms with Crippen LogP contribution in [0.15, 0.2) is 42.5 Å². The Hall–Kier alpha value is -3.46. The van der Waals surface area contributed by atoms with Gasteiger partial charge in [-0.1, -0.05) is 19.1 Å². The van der Waals surface area contributed by atoms with Crippen LogP contribution in [0.4, 0.5) is 10.5 Å². The predicted octanol–water partition coefficient (Wildman–Crippen LogP) is 5.17. The van der Waals surface area contributed by atoms with Crippen LogP contribution in [0.2, 0.25) is 0 Å². The van der Waals surface area contributed by atoms with Crippen LogP contribution in [0.25, 0.3) is 22.2 Å². The summed E-state index contributed by atoms with van der Waals surface area (Å²) in [7, 11) is 1.62. The van der Waals surface area contributed by atoms with E-state index in [2.05, 4.69) is 16.0 Å². The van der Waals surface area contributed by atoms with Crippen molar-refractivity contribution in [1.29, 1.82) is 5.26 Å². The van der Waals surface area contributed by atoms with Crippen molar-refractivity contribution in [3.63, 3.8) is 0 Å². The highest BCUT2D eigenvalue weighted by Crippen LogP contribution is 2.36. The Morgan fingerprint density at radius 1 is 1.21 bits per heavy atom. The quantitative estimate of drug-likeness (QED) is 0.643. The Balaban J connectivity index is 2.09. The highest BCUT2D eigenvalue weighted by atomic mass is 16.5. The molecule has 0 bridgehead atoms. The van der Waals surface area contributed by atoms with Crippen LogP contribution in [-0.4, -0.2) is 24.4 Å². The van der Waals surface area contributed by atoms with Gasteiger partial charge in [0.15, 0.2) is 0 Å². The fraction of sp³-hybridized carbons (Fsp3) is 0.273. The Labute approximate surface area is 164 Å². The zero-order valence-electron chi connectivity index (χ0n) is 16.3. The molecule has 0 fully saturated rings. The fourth-order valence-electron chi connectivity index (χ4n) is 3.29. The number of fused-ring (bicyclic) bond motifs is 1. The van der Waals surface area contributed by atoms with E-state index in [0.717, 1.165) is 34.3 Å². The molecule has 3 rings (SSSR count). The molecule has 1 N–H and O–H groups in total. The van der Waals surface area contributed by atoms with Crippen molar-refractivity contribution in [2.45, 2.75) is 26.8 Å². The van der Waals surface area contributed by atoms with Gasteiger partial charge >= 0.3 is 6.09 Å². The standard InChI is InChI=1S/C22H23N3O3/c1-4-11-28-22(26)24-16-8-6-7-15(12-16)21-19(14-23)18-10-9-17(27-3)13-20(18)25(21)5-2/h6-10,12-13H,4-5,11H2,1-3H3,(H,24,26). The second kappa shape index (κ2) is 8.49. The monoisotopic (exact) mass is 377 g/mol. The third kappa shape index (κ3) is 3.65. The first kappa shape index (κ1) is 19.3. The SMILES string of the molecule is CCCOC(=O)Nc1cccc(-c2c(C#N)c3ccc(OC)cc3n2CC)c1. The van der Waals surface area contributed by atoms with E-state index in [-0.39, 0.29) is 0 Å². The number of ether oxygens (including phenoxy) is 2. The molecular formula is C22H23N3O3. The van der Waals surface area contributed by atoms with Crippen molar-refractivity contribution in [2.24, 2.45) is 0 Å². The number of aromatic nitrogens is 1. The van der Waals surface area contributed by atoms with Gasteiger partial charge in [0.2, 0.25) is 0 Å². The van der Waals surface area contributed by atoms with Crippen LogP contribution < -0.4 is 10.1 Å². The smallest absolute Gasteiger partial charge is 0.411 e. The van der Waals surface area contributed by atoms with E-state index < -0.39 is 6.09 Å². The van der Waals surface area contributed by atoms with Crippen LogP contribution >= 0.6 is 0 Å². The Morgan fingerprint density at radius 2 is 2.04 bits per heavy atom.